The molecule has 0 unspecified atom stereocenters. The highest BCUT2D eigenvalue weighted by molar-refractivity contribution is 9.10. The SMILES string of the molecule is Cl.Cl.Oc1ccc(Br)c([C@H](C2CCCC2)N2CCNCC2)c1. The Bertz CT molecular complexity index is 463. The van der Waals surface area contributed by atoms with Crippen molar-refractivity contribution < 1.29 is 5.11 Å². The minimum absolute atomic E-state index is 0. The summed E-state index contributed by atoms with van der Waals surface area (Å²) in [5.41, 5.74) is 1.26. The van der Waals surface area contributed by atoms with Crippen LogP contribution in [0.1, 0.15) is 37.3 Å². The van der Waals surface area contributed by atoms with Gasteiger partial charge in [0.25, 0.3) is 0 Å². The zero-order valence-corrected chi connectivity index (χ0v) is 15.9. The van der Waals surface area contributed by atoms with Gasteiger partial charge in [-0.15, -0.1) is 24.8 Å². The zero-order chi connectivity index (χ0) is 13.9. The van der Waals surface area contributed by atoms with Crippen LogP contribution in [0.4, 0.5) is 0 Å². The molecule has 0 spiro atoms. The molecule has 2 fully saturated rings. The Morgan fingerprint density at radius 2 is 1.77 bits per heavy atom. The molecular formula is C16H25BrCl2N2O. The molecule has 1 aliphatic heterocycles. The molecule has 126 valence electrons. The lowest BCUT2D eigenvalue weighted by molar-refractivity contribution is 0.125. The lowest BCUT2D eigenvalue weighted by Crippen LogP contribution is -2.46. The minimum atomic E-state index is 0. The van der Waals surface area contributed by atoms with E-state index in [0.29, 0.717) is 11.8 Å². The van der Waals surface area contributed by atoms with E-state index in [0.717, 1.165) is 36.6 Å². The quantitative estimate of drug-likeness (QED) is 0.784. The van der Waals surface area contributed by atoms with Gasteiger partial charge in [0.05, 0.1) is 0 Å². The number of benzene rings is 1. The maximum Gasteiger partial charge on any atom is 0.115 e. The number of piperazine rings is 1. The summed E-state index contributed by atoms with van der Waals surface area (Å²) in [4.78, 5) is 2.60. The van der Waals surface area contributed by atoms with Crippen LogP contribution in [0, 0.1) is 5.92 Å². The second kappa shape index (κ2) is 9.33. The van der Waals surface area contributed by atoms with Gasteiger partial charge >= 0.3 is 0 Å². The maximum atomic E-state index is 9.88. The van der Waals surface area contributed by atoms with Gasteiger partial charge in [-0.2, -0.15) is 0 Å². The third-order valence-electron chi connectivity index (χ3n) is 4.69. The molecule has 1 saturated heterocycles. The summed E-state index contributed by atoms with van der Waals surface area (Å²) in [5, 5.41) is 13.3. The van der Waals surface area contributed by atoms with Gasteiger partial charge in [0.2, 0.25) is 0 Å². The lowest BCUT2D eigenvalue weighted by Gasteiger charge is -2.39. The first kappa shape index (κ1) is 20.0. The van der Waals surface area contributed by atoms with Gasteiger partial charge in [-0.1, -0.05) is 28.8 Å². The van der Waals surface area contributed by atoms with E-state index in [4.69, 9.17) is 0 Å². The van der Waals surface area contributed by atoms with Gasteiger partial charge in [0.1, 0.15) is 5.75 Å². The lowest BCUT2D eigenvalue weighted by atomic mass is 9.89. The molecule has 3 rings (SSSR count). The van der Waals surface area contributed by atoms with Gasteiger partial charge in [0, 0.05) is 36.7 Å². The van der Waals surface area contributed by atoms with Crippen LogP contribution >= 0.6 is 40.7 Å². The van der Waals surface area contributed by atoms with E-state index in [2.05, 4.69) is 26.1 Å². The number of nitrogens with one attached hydrogen (secondary N) is 1. The number of hydrogen-bond acceptors (Lipinski definition) is 3. The molecule has 0 amide bonds. The van der Waals surface area contributed by atoms with Gasteiger partial charge < -0.3 is 10.4 Å². The summed E-state index contributed by atoms with van der Waals surface area (Å²) >= 11 is 3.69. The fourth-order valence-electron chi connectivity index (χ4n) is 3.74. The molecule has 0 bridgehead atoms. The first-order valence-corrected chi connectivity index (χ1v) is 8.48. The van der Waals surface area contributed by atoms with Crippen molar-refractivity contribution in [3.05, 3.63) is 28.2 Å². The van der Waals surface area contributed by atoms with Crippen molar-refractivity contribution in [2.75, 3.05) is 26.2 Å². The van der Waals surface area contributed by atoms with Crippen LogP contribution in [-0.4, -0.2) is 36.2 Å². The first-order valence-electron chi connectivity index (χ1n) is 7.69. The Balaban J connectivity index is 0.00000121. The standard InChI is InChI=1S/C16H23BrN2O.2ClH/c17-15-6-5-13(20)11-14(15)16(12-3-1-2-4-12)19-9-7-18-8-10-19;;/h5-6,11-12,16,18,20H,1-4,7-10H2;2*1H/t16-;;/m0../s1. The van der Waals surface area contributed by atoms with Gasteiger partial charge in [-0.05, 0) is 42.5 Å². The first-order chi connectivity index (χ1) is 9.75. The Morgan fingerprint density at radius 3 is 2.41 bits per heavy atom. The average Bonchev–Trinajstić information content (AvgIpc) is 2.98. The molecule has 0 aromatic heterocycles. The largest absolute Gasteiger partial charge is 0.508 e. The Hall–Kier alpha value is -0.000000000000000111. The van der Waals surface area contributed by atoms with E-state index in [1.807, 2.05) is 12.1 Å². The molecule has 2 aliphatic rings. The fourth-order valence-corrected chi connectivity index (χ4v) is 4.22. The van der Waals surface area contributed by atoms with E-state index in [1.165, 1.54) is 31.2 Å². The normalized spacial score (nSPS) is 21.0. The Morgan fingerprint density at radius 1 is 1.14 bits per heavy atom. The predicted molar refractivity (Wildman–Crippen MR) is 99.4 cm³/mol. The smallest absolute Gasteiger partial charge is 0.115 e. The van der Waals surface area contributed by atoms with Crippen molar-refractivity contribution in [1.29, 1.82) is 0 Å². The van der Waals surface area contributed by atoms with Gasteiger partial charge in [0.15, 0.2) is 0 Å². The van der Waals surface area contributed by atoms with E-state index < -0.39 is 0 Å². The van der Waals surface area contributed by atoms with Crippen LogP contribution in [0.5, 0.6) is 5.75 Å². The molecule has 3 nitrogen and oxygen atoms in total. The molecule has 1 aromatic rings. The number of rotatable bonds is 3. The van der Waals surface area contributed by atoms with Crippen molar-refractivity contribution in [1.82, 2.24) is 10.2 Å². The van der Waals surface area contributed by atoms with Crippen molar-refractivity contribution in [2.45, 2.75) is 31.7 Å². The Kier molecular flexibility index (Phi) is 8.50. The summed E-state index contributed by atoms with van der Waals surface area (Å²) in [6.45, 7) is 4.34. The van der Waals surface area contributed by atoms with Crippen LogP contribution in [-0.2, 0) is 0 Å². The van der Waals surface area contributed by atoms with Crippen molar-refractivity contribution in [3.8, 4) is 5.75 Å². The highest BCUT2D eigenvalue weighted by Crippen LogP contribution is 2.42. The van der Waals surface area contributed by atoms with Crippen LogP contribution in [0.25, 0.3) is 0 Å². The molecule has 1 saturated carbocycles. The molecule has 1 aliphatic carbocycles. The summed E-state index contributed by atoms with van der Waals surface area (Å²) in [7, 11) is 0. The summed E-state index contributed by atoms with van der Waals surface area (Å²) in [6, 6.07) is 6.14. The van der Waals surface area contributed by atoms with Crippen molar-refractivity contribution >= 4 is 40.7 Å². The van der Waals surface area contributed by atoms with Crippen LogP contribution < -0.4 is 5.32 Å². The molecule has 0 radical (unpaired) electrons. The summed E-state index contributed by atoms with van der Waals surface area (Å²) in [6.07, 6.45) is 5.33. The second-order valence-electron chi connectivity index (χ2n) is 5.98. The third kappa shape index (κ3) is 4.51. The number of phenolic OH excluding ortho intramolecular Hbond substituents is 1. The van der Waals surface area contributed by atoms with E-state index in [1.54, 1.807) is 6.07 Å². The molecule has 1 atom stereocenters. The number of phenols is 1. The molecule has 6 heteroatoms. The highest BCUT2D eigenvalue weighted by Gasteiger charge is 2.33. The number of nitrogens with zero attached hydrogens (tertiary/aromatic N) is 1. The van der Waals surface area contributed by atoms with E-state index in [9.17, 15) is 5.11 Å². The minimum Gasteiger partial charge on any atom is -0.508 e. The molecular weight excluding hydrogens is 387 g/mol. The number of hydrogen-bond donors (Lipinski definition) is 2. The maximum absolute atomic E-state index is 9.88. The summed E-state index contributed by atoms with van der Waals surface area (Å²) in [5.74, 6) is 1.10. The zero-order valence-electron chi connectivity index (χ0n) is 12.6. The molecule has 22 heavy (non-hydrogen) atoms. The molecule has 1 aromatic carbocycles. The monoisotopic (exact) mass is 410 g/mol. The molecule has 2 N–H and O–H groups in total. The van der Waals surface area contributed by atoms with Gasteiger partial charge in [-0.3, -0.25) is 4.90 Å². The summed E-state index contributed by atoms with van der Waals surface area (Å²) < 4.78 is 1.13. The van der Waals surface area contributed by atoms with E-state index in [-0.39, 0.29) is 24.8 Å². The van der Waals surface area contributed by atoms with Crippen LogP contribution in [0.3, 0.4) is 0 Å². The number of halogens is 3. The second-order valence-corrected chi connectivity index (χ2v) is 6.84. The van der Waals surface area contributed by atoms with Crippen LogP contribution in [0.15, 0.2) is 22.7 Å². The average molecular weight is 412 g/mol. The van der Waals surface area contributed by atoms with Crippen LogP contribution in [0.2, 0.25) is 0 Å². The van der Waals surface area contributed by atoms with E-state index >= 15 is 0 Å². The fraction of sp³-hybridized carbons (Fsp3) is 0.625. The highest BCUT2D eigenvalue weighted by atomic mass is 79.9. The van der Waals surface area contributed by atoms with Crippen molar-refractivity contribution in [2.24, 2.45) is 5.92 Å². The third-order valence-corrected chi connectivity index (χ3v) is 5.41. The molecule has 1 heterocycles. The Labute approximate surface area is 153 Å². The van der Waals surface area contributed by atoms with Crippen molar-refractivity contribution in [3.63, 3.8) is 0 Å². The van der Waals surface area contributed by atoms with Gasteiger partial charge in [-0.25, -0.2) is 0 Å². The number of aromatic hydroxyl groups is 1. The topological polar surface area (TPSA) is 35.5 Å². The predicted octanol–water partition coefficient (Wildman–Crippen LogP) is 4.13.